The van der Waals surface area contributed by atoms with E-state index in [-0.39, 0.29) is 11.3 Å². The van der Waals surface area contributed by atoms with Crippen LogP contribution in [0.1, 0.15) is 15.9 Å². The second kappa shape index (κ2) is 7.32. The van der Waals surface area contributed by atoms with Crippen molar-refractivity contribution in [3.8, 4) is 0 Å². The fraction of sp³-hybridized carbons (Fsp3) is 0.125. The molecule has 24 heavy (non-hydrogen) atoms. The van der Waals surface area contributed by atoms with Gasteiger partial charge >= 0.3 is 5.97 Å². The van der Waals surface area contributed by atoms with Crippen LogP contribution in [0.3, 0.4) is 0 Å². The molecule has 0 aliphatic rings. The van der Waals surface area contributed by atoms with Crippen molar-refractivity contribution in [3.63, 3.8) is 0 Å². The topological polar surface area (TPSA) is 98.5 Å². The molecule has 0 heterocycles. The lowest BCUT2D eigenvalue weighted by atomic mass is 10.1. The van der Waals surface area contributed by atoms with Crippen molar-refractivity contribution in [1.82, 2.24) is 0 Å². The molecule has 0 unspecified atom stereocenters. The minimum atomic E-state index is -0.973. The zero-order valence-corrected chi connectivity index (χ0v) is 12.6. The molecule has 2 aromatic rings. The molecule has 0 aromatic heterocycles. The Kier molecular flexibility index (Phi) is 5.20. The highest BCUT2D eigenvalue weighted by atomic mass is 19.1. The third-order valence-electron chi connectivity index (χ3n) is 3.10. The average molecular weight is 332 g/mol. The van der Waals surface area contributed by atoms with Gasteiger partial charge in [-0.2, -0.15) is 0 Å². The summed E-state index contributed by atoms with van der Waals surface area (Å²) in [5.74, 6) is -2.07. The third kappa shape index (κ3) is 4.13. The quantitative estimate of drug-likeness (QED) is 0.516. The zero-order chi connectivity index (χ0) is 17.7. The number of para-hydroxylation sites is 1. The van der Waals surface area contributed by atoms with E-state index in [0.717, 1.165) is 12.1 Å². The van der Waals surface area contributed by atoms with Crippen LogP contribution in [0.2, 0.25) is 0 Å². The smallest absolute Gasteiger partial charge is 0.345 e. The molecule has 0 atom stereocenters. The predicted octanol–water partition coefficient (Wildman–Crippen LogP) is 2.84. The highest BCUT2D eigenvalue weighted by Gasteiger charge is 2.24. The molecule has 2 aromatic carbocycles. The van der Waals surface area contributed by atoms with Gasteiger partial charge in [-0.25, -0.2) is 9.18 Å². The largest absolute Gasteiger partial charge is 0.452 e. The maximum atomic E-state index is 12.8. The molecule has 0 saturated carbocycles. The lowest BCUT2D eigenvalue weighted by Crippen LogP contribution is -2.21. The van der Waals surface area contributed by atoms with E-state index in [0.29, 0.717) is 11.3 Å². The number of carbonyl (C=O) groups is 2. The van der Waals surface area contributed by atoms with E-state index in [9.17, 15) is 24.1 Å². The molecular weight excluding hydrogens is 319 g/mol. The van der Waals surface area contributed by atoms with Crippen LogP contribution in [0.15, 0.2) is 42.5 Å². The number of ether oxygens (including phenoxy) is 1. The number of amides is 1. The van der Waals surface area contributed by atoms with Crippen molar-refractivity contribution in [2.24, 2.45) is 0 Å². The van der Waals surface area contributed by atoms with Crippen LogP contribution in [-0.4, -0.2) is 23.4 Å². The first kappa shape index (κ1) is 17.1. The number of rotatable bonds is 5. The van der Waals surface area contributed by atoms with E-state index in [2.05, 4.69) is 5.32 Å². The van der Waals surface area contributed by atoms with Gasteiger partial charge in [0, 0.05) is 11.3 Å². The molecule has 124 valence electrons. The van der Waals surface area contributed by atoms with E-state index in [1.54, 1.807) is 0 Å². The average Bonchev–Trinajstić information content (AvgIpc) is 2.54. The molecule has 2 rings (SSSR count). The van der Waals surface area contributed by atoms with Crippen molar-refractivity contribution in [3.05, 3.63) is 69.5 Å². The molecule has 0 saturated heterocycles. The minimum absolute atomic E-state index is 0.227. The third-order valence-corrected chi connectivity index (χ3v) is 3.10. The highest BCUT2D eigenvalue weighted by Crippen LogP contribution is 2.23. The summed E-state index contributed by atoms with van der Waals surface area (Å²) in [5, 5.41) is 13.4. The van der Waals surface area contributed by atoms with Crippen molar-refractivity contribution in [2.75, 3.05) is 11.9 Å². The van der Waals surface area contributed by atoms with Crippen LogP contribution in [0.4, 0.5) is 15.8 Å². The summed E-state index contributed by atoms with van der Waals surface area (Å²) in [6.07, 6.45) is 0. The Morgan fingerprint density at radius 2 is 1.88 bits per heavy atom. The summed E-state index contributed by atoms with van der Waals surface area (Å²) in [6, 6.07) is 9.26. The molecule has 0 fully saturated rings. The molecule has 0 spiro atoms. The van der Waals surface area contributed by atoms with Crippen molar-refractivity contribution >= 4 is 23.3 Å². The van der Waals surface area contributed by atoms with Gasteiger partial charge < -0.3 is 10.1 Å². The van der Waals surface area contributed by atoms with Crippen LogP contribution >= 0.6 is 0 Å². The van der Waals surface area contributed by atoms with E-state index in [1.807, 2.05) is 0 Å². The van der Waals surface area contributed by atoms with Crippen LogP contribution < -0.4 is 5.32 Å². The normalized spacial score (nSPS) is 10.1. The maximum absolute atomic E-state index is 12.8. The number of hydrogen-bond acceptors (Lipinski definition) is 5. The number of carbonyl (C=O) groups excluding carboxylic acids is 2. The standard InChI is InChI=1S/C16H13FN2O5/c1-10-3-2-4-13(15(10)19(22)23)16(21)24-9-14(20)18-12-7-5-11(17)6-8-12/h2-8H,9H2,1H3,(H,18,20). The van der Waals surface area contributed by atoms with Gasteiger partial charge in [-0.15, -0.1) is 0 Å². The van der Waals surface area contributed by atoms with Gasteiger partial charge in [0.25, 0.3) is 11.6 Å². The summed E-state index contributed by atoms with van der Waals surface area (Å²) in [4.78, 5) is 34.0. The van der Waals surface area contributed by atoms with Crippen LogP contribution in [0.25, 0.3) is 0 Å². The Morgan fingerprint density at radius 3 is 2.50 bits per heavy atom. The number of hydrogen-bond donors (Lipinski definition) is 1. The summed E-state index contributed by atoms with van der Waals surface area (Å²) < 4.78 is 17.6. The number of anilines is 1. The molecule has 1 amide bonds. The van der Waals surface area contributed by atoms with Gasteiger partial charge in [0.15, 0.2) is 6.61 Å². The van der Waals surface area contributed by atoms with E-state index >= 15 is 0 Å². The van der Waals surface area contributed by atoms with Gasteiger partial charge in [0.2, 0.25) is 0 Å². The Bertz CT molecular complexity index is 790. The summed E-state index contributed by atoms with van der Waals surface area (Å²) in [6.45, 7) is 0.872. The van der Waals surface area contributed by atoms with Crippen molar-refractivity contribution < 1.29 is 23.6 Å². The first-order valence-electron chi connectivity index (χ1n) is 6.85. The van der Waals surface area contributed by atoms with Gasteiger partial charge in [-0.3, -0.25) is 14.9 Å². The van der Waals surface area contributed by atoms with Gasteiger partial charge in [0.1, 0.15) is 11.4 Å². The second-order valence-corrected chi connectivity index (χ2v) is 4.86. The first-order valence-corrected chi connectivity index (χ1v) is 6.85. The molecule has 0 bridgehead atoms. The number of nitro benzene ring substituents is 1. The zero-order valence-electron chi connectivity index (χ0n) is 12.6. The number of aryl methyl sites for hydroxylation is 1. The lowest BCUT2D eigenvalue weighted by Gasteiger charge is -2.07. The Morgan fingerprint density at radius 1 is 1.21 bits per heavy atom. The van der Waals surface area contributed by atoms with Gasteiger partial charge in [-0.1, -0.05) is 12.1 Å². The molecular formula is C16H13FN2O5. The number of benzene rings is 2. The number of halogens is 1. The molecule has 8 heteroatoms. The molecule has 0 radical (unpaired) electrons. The fourth-order valence-electron chi connectivity index (χ4n) is 2.01. The second-order valence-electron chi connectivity index (χ2n) is 4.86. The first-order chi connectivity index (χ1) is 11.4. The summed E-state index contributed by atoms with van der Waals surface area (Å²) in [5.41, 5.74) is 0.0558. The molecule has 7 nitrogen and oxygen atoms in total. The van der Waals surface area contributed by atoms with Crippen molar-refractivity contribution in [2.45, 2.75) is 6.92 Å². The molecule has 1 N–H and O–H groups in total. The monoisotopic (exact) mass is 332 g/mol. The number of nitrogens with zero attached hydrogens (tertiary/aromatic N) is 1. The number of esters is 1. The van der Waals surface area contributed by atoms with Gasteiger partial charge in [-0.05, 0) is 37.3 Å². The van der Waals surface area contributed by atoms with E-state index < -0.39 is 29.2 Å². The lowest BCUT2D eigenvalue weighted by molar-refractivity contribution is -0.385. The van der Waals surface area contributed by atoms with E-state index in [1.165, 1.54) is 37.3 Å². The van der Waals surface area contributed by atoms with Crippen LogP contribution in [0, 0.1) is 22.9 Å². The van der Waals surface area contributed by atoms with Crippen LogP contribution in [0.5, 0.6) is 0 Å². The Labute approximate surface area is 136 Å². The Balaban J connectivity index is 2.00. The van der Waals surface area contributed by atoms with Gasteiger partial charge in [0.05, 0.1) is 4.92 Å². The summed E-state index contributed by atoms with van der Waals surface area (Å²) >= 11 is 0. The Hall–Kier alpha value is -3.29. The molecule has 0 aliphatic carbocycles. The maximum Gasteiger partial charge on any atom is 0.345 e. The predicted molar refractivity (Wildman–Crippen MR) is 83.1 cm³/mol. The number of nitro groups is 1. The summed E-state index contributed by atoms with van der Waals surface area (Å²) in [7, 11) is 0. The number of nitrogens with one attached hydrogen (secondary N) is 1. The fourth-order valence-corrected chi connectivity index (χ4v) is 2.01. The minimum Gasteiger partial charge on any atom is -0.452 e. The SMILES string of the molecule is Cc1cccc(C(=O)OCC(=O)Nc2ccc(F)cc2)c1[N+](=O)[O-]. The highest BCUT2D eigenvalue weighted by molar-refractivity contribution is 5.97. The molecule has 0 aliphatic heterocycles. The van der Waals surface area contributed by atoms with Crippen molar-refractivity contribution in [1.29, 1.82) is 0 Å². The van der Waals surface area contributed by atoms with E-state index in [4.69, 9.17) is 4.74 Å². The van der Waals surface area contributed by atoms with Crippen LogP contribution in [-0.2, 0) is 9.53 Å².